The van der Waals surface area contributed by atoms with Crippen LogP contribution in [0.15, 0.2) is 42.5 Å². The molecule has 0 aliphatic carbocycles. The van der Waals surface area contributed by atoms with E-state index in [2.05, 4.69) is 16.5 Å². The maximum Gasteiger partial charge on any atom is 0.272 e. The molecule has 2 amide bonds. The fourth-order valence-electron chi connectivity index (χ4n) is 3.11. The van der Waals surface area contributed by atoms with E-state index in [1.165, 1.54) is 0 Å². The molecule has 0 saturated carbocycles. The van der Waals surface area contributed by atoms with Crippen LogP contribution in [0.5, 0.6) is 0 Å². The molecule has 7 heteroatoms. The first kappa shape index (κ1) is 15.8. The van der Waals surface area contributed by atoms with Gasteiger partial charge in [0.25, 0.3) is 11.8 Å². The first-order valence-corrected chi connectivity index (χ1v) is 8.14. The van der Waals surface area contributed by atoms with E-state index < -0.39 is 0 Å². The first-order chi connectivity index (χ1) is 12.6. The third kappa shape index (κ3) is 2.58. The smallest absolute Gasteiger partial charge is 0.272 e. The Hall–Kier alpha value is -3.66. The van der Waals surface area contributed by atoms with Gasteiger partial charge in [-0.15, -0.1) is 0 Å². The van der Waals surface area contributed by atoms with Gasteiger partial charge in [0.1, 0.15) is 5.69 Å². The zero-order chi connectivity index (χ0) is 18.3. The normalized spacial score (nSPS) is 13.4. The summed E-state index contributed by atoms with van der Waals surface area (Å²) in [6, 6.07) is 14.4. The molecule has 128 valence electrons. The lowest BCUT2D eigenvalue weighted by atomic mass is 10.0. The Kier molecular flexibility index (Phi) is 3.66. The molecule has 0 atom stereocenters. The molecule has 26 heavy (non-hydrogen) atoms. The predicted octanol–water partition coefficient (Wildman–Crippen LogP) is 2.25. The largest absolute Gasteiger partial charge is 0.339 e. The Morgan fingerprint density at radius 3 is 2.85 bits per heavy atom. The monoisotopic (exact) mass is 345 g/mol. The summed E-state index contributed by atoms with van der Waals surface area (Å²) in [6.07, 6.45) is 0. The molecule has 1 N–H and O–H groups in total. The molecule has 1 aliphatic heterocycles. The summed E-state index contributed by atoms with van der Waals surface area (Å²) in [7, 11) is 1.73. The number of nitrogens with one attached hydrogen (secondary N) is 1. The molecule has 1 aromatic heterocycles. The van der Waals surface area contributed by atoms with Crippen molar-refractivity contribution < 1.29 is 9.59 Å². The number of rotatable bonds is 2. The average molecular weight is 345 g/mol. The van der Waals surface area contributed by atoms with Gasteiger partial charge in [-0.1, -0.05) is 24.3 Å². The van der Waals surface area contributed by atoms with Gasteiger partial charge in [0.15, 0.2) is 5.82 Å². The number of aromatic nitrogens is 2. The molecule has 0 bridgehead atoms. The predicted molar refractivity (Wildman–Crippen MR) is 95.8 cm³/mol. The first-order valence-electron chi connectivity index (χ1n) is 8.14. The van der Waals surface area contributed by atoms with Crippen LogP contribution >= 0.6 is 0 Å². The maximum atomic E-state index is 12.8. The standard InChI is InChI=1S/C19H15N5O2/c1-23-6-7-24-16(19(23)26)10-17(22-24)21-18(25)15-9-12(11-20)8-13-4-2-3-5-14(13)15/h2-5,8-10H,6-7H2,1H3,(H,21,22,25). The Labute approximate surface area is 149 Å². The molecule has 3 aromatic rings. The highest BCUT2D eigenvalue weighted by molar-refractivity contribution is 6.13. The molecule has 2 aromatic carbocycles. The number of likely N-dealkylation sites (N-methyl/N-ethyl adjacent to an activating group) is 1. The van der Waals surface area contributed by atoms with E-state index in [1.807, 2.05) is 24.3 Å². The van der Waals surface area contributed by atoms with Crippen LogP contribution in [0.25, 0.3) is 10.8 Å². The number of hydrogen-bond acceptors (Lipinski definition) is 4. The van der Waals surface area contributed by atoms with Gasteiger partial charge in [0, 0.05) is 25.2 Å². The zero-order valence-electron chi connectivity index (χ0n) is 14.1. The van der Waals surface area contributed by atoms with E-state index in [0.29, 0.717) is 35.7 Å². The lowest BCUT2D eigenvalue weighted by Gasteiger charge is -2.22. The maximum absolute atomic E-state index is 12.8. The molecule has 0 unspecified atom stereocenters. The highest BCUT2D eigenvalue weighted by Gasteiger charge is 2.24. The Morgan fingerprint density at radius 2 is 2.04 bits per heavy atom. The summed E-state index contributed by atoms with van der Waals surface area (Å²) in [5, 5.41) is 17.8. The number of amides is 2. The van der Waals surface area contributed by atoms with Gasteiger partial charge in [-0.05, 0) is 22.9 Å². The van der Waals surface area contributed by atoms with Gasteiger partial charge in [-0.3, -0.25) is 14.3 Å². The molecule has 0 radical (unpaired) electrons. The van der Waals surface area contributed by atoms with Crippen molar-refractivity contribution in [2.75, 3.05) is 18.9 Å². The van der Waals surface area contributed by atoms with Crippen molar-refractivity contribution in [2.45, 2.75) is 6.54 Å². The summed E-state index contributed by atoms with van der Waals surface area (Å²) < 4.78 is 1.60. The second-order valence-electron chi connectivity index (χ2n) is 6.18. The van der Waals surface area contributed by atoms with E-state index in [9.17, 15) is 14.9 Å². The summed E-state index contributed by atoms with van der Waals surface area (Å²) in [5.41, 5.74) is 1.26. The zero-order valence-corrected chi connectivity index (χ0v) is 14.1. The number of anilines is 1. The SMILES string of the molecule is CN1CCn2nc(NC(=O)c3cc(C#N)cc4ccccc34)cc2C1=O. The van der Waals surface area contributed by atoms with Crippen LogP contribution in [0.2, 0.25) is 0 Å². The van der Waals surface area contributed by atoms with Crippen LogP contribution in [-0.2, 0) is 6.54 Å². The molecule has 0 saturated heterocycles. The van der Waals surface area contributed by atoms with Crippen molar-refractivity contribution in [3.63, 3.8) is 0 Å². The summed E-state index contributed by atoms with van der Waals surface area (Å²) in [6.45, 7) is 1.16. The van der Waals surface area contributed by atoms with Crippen LogP contribution in [-0.4, -0.2) is 40.1 Å². The Morgan fingerprint density at radius 1 is 1.23 bits per heavy atom. The van der Waals surface area contributed by atoms with Crippen LogP contribution in [0, 0.1) is 11.3 Å². The van der Waals surface area contributed by atoms with Gasteiger partial charge < -0.3 is 10.2 Å². The number of nitriles is 1. The third-order valence-electron chi connectivity index (χ3n) is 4.47. The molecular formula is C19H15N5O2. The number of carbonyl (C=O) groups excluding carboxylic acids is 2. The fourth-order valence-corrected chi connectivity index (χ4v) is 3.11. The van der Waals surface area contributed by atoms with Crippen molar-refractivity contribution in [1.29, 1.82) is 5.26 Å². The molecule has 0 spiro atoms. The molecule has 4 rings (SSSR count). The van der Waals surface area contributed by atoms with Crippen molar-refractivity contribution >= 4 is 28.4 Å². The van der Waals surface area contributed by atoms with E-state index in [1.54, 1.807) is 34.8 Å². The van der Waals surface area contributed by atoms with Crippen molar-refractivity contribution in [1.82, 2.24) is 14.7 Å². The number of carbonyl (C=O) groups is 2. The third-order valence-corrected chi connectivity index (χ3v) is 4.47. The summed E-state index contributed by atoms with van der Waals surface area (Å²) in [4.78, 5) is 26.6. The van der Waals surface area contributed by atoms with Gasteiger partial charge in [0.2, 0.25) is 0 Å². The van der Waals surface area contributed by atoms with Gasteiger partial charge in [-0.2, -0.15) is 10.4 Å². The number of benzene rings is 2. The minimum atomic E-state index is -0.366. The molecular weight excluding hydrogens is 330 g/mol. The quantitative estimate of drug-likeness (QED) is 0.771. The van der Waals surface area contributed by atoms with Gasteiger partial charge in [0.05, 0.1) is 18.2 Å². The van der Waals surface area contributed by atoms with Crippen LogP contribution in [0.4, 0.5) is 5.82 Å². The van der Waals surface area contributed by atoms with E-state index in [0.717, 1.165) is 10.8 Å². The summed E-state index contributed by atoms with van der Waals surface area (Å²) in [5.74, 6) is -0.171. The second-order valence-corrected chi connectivity index (χ2v) is 6.18. The van der Waals surface area contributed by atoms with Crippen LogP contribution < -0.4 is 5.32 Å². The van der Waals surface area contributed by atoms with E-state index in [-0.39, 0.29) is 11.8 Å². The summed E-state index contributed by atoms with van der Waals surface area (Å²) >= 11 is 0. The lowest BCUT2D eigenvalue weighted by Crippen LogP contribution is -2.37. The minimum Gasteiger partial charge on any atom is -0.339 e. The lowest BCUT2D eigenvalue weighted by molar-refractivity contribution is 0.0742. The second kappa shape index (κ2) is 6.01. The highest BCUT2D eigenvalue weighted by Crippen LogP contribution is 2.23. The van der Waals surface area contributed by atoms with Crippen molar-refractivity contribution in [2.24, 2.45) is 0 Å². The van der Waals surface area contributed by atoms with Crippen molar-refractivity contribution in [3.05, 3.63) is 59.3 Å². The minimum absolute atomic E-state index is 0.124. The van der Waals surface area contributed by atoms with Gasteiger partial charge >= 0.3 is 0 Å². The van der Waals surface area contributed by atoms with E-state index >= 15 is 0 Å². The fraction of sp³-hybridized carbons (Fsp3) is 0.158. The Balaban J connectivity index is 1.70. The Bertz CT molecular complexity index is 1090. The van der Waals surface area contributed by atoms with Crippen LogP contribution in [0.1, 0.15) is 26.4 Å². The number of hydrogen-bond donors (Lipinski definition) is 1. The molecule has 7 nitrogen and oxygen atoms in total. The van der Waals surface area contributed by atoms with Crippen LogP contribution in [0.3, 0.4) is 0 Å². The van der Waals surface area contributed by atoms with E-state index in [4.69, 9.17) is 0 Å². The molecule has 1 aliphatic rings. The number of nitrogens with zero attached hydrogens (tertiary/aromatic N) is 4. The highest BCUT2D eigenvalue weighted by atomic mass is 16.2. The number of fused-ring (bicyclic) bond motifs is 2. The molecule has 0 fully saturated rings. The van der Waals surface area contributed by atoms with Gasteiger partial charge in [-0.25, -0.2) is 0 Å². The average Bonchev–Trinajstić information content (AvgIpc) is 3.07. The topological polar surface area (TPSA) is 91.0 Å². The molecule has 2 heterocycles. The van der Waals surface area contributed by atoms with Crippen molar-refractivity contribution in [3.8, 4) is 6.07 Å².